The molecule has 0 radical (unpaired) electrons. The molecule has 0 unspecified atom stereocenters. The molecule has 0 aliphatic heterocycles. The molecule has 0 saturated heterocycles. The maximum absolute atomic E-state index is 6.60. The van der Waals surface area contributed by atoms with Crippen LogP contribution in [0.25, 0.3) is 101 Å². The predicted molar refractivity (Wildman–Crippen MR) is 220 cm³/mol. The van der Waals surface area contributed by atoms with E-state index in [1.165, 1.54) is 0 Å². The van der Waals surface area contributed by atoms with Crippen molar-refractivity contribution in [3.05, 3.63) is 182 Å². The zero-order valence-corrected chi connectivity index (χ0v) is 29.4. The largest absolute Gasteiger partial charge is 0.416 e. The number of benzene rings is 7. The quantitative estimate of drug-likeness (QED) is 0.172. The SMILES string of the molecule is c1ccc(-c2cc(-c3ccccc3)nc(-n3c4ccccc4c4ccc(-c5nnc(-c6cccc7c8ccccc8n(-c8ccccc8)c67)o5)cc43)n2)cc1. The van der Waals surface area contributed by atoms with E-state index in [9.17, 15) is 0 Å². The summed E-state index contributed by atoms with van der Waals surface area (Å²) in [4.78, 5) is 10.4. The predicted octanol–water partition coefficient (Wildman–Crippen LogP) is 11.7. The number of nitrogens with zero attached hydrogens (tertiary/aromatic N) is 6. The monoisotopic (exact) mass is 706 g/mol. The summed E-state index contributed by atoms with van der Waals surface area (Å²) in [7, 11) is 0. The van der Waals surface area contributed by atoms with Crippen molar-refractivity contribution in [2.75, 3.05) is 0 Å². The molecule has 0 saturated carbocycles. The summed E-state index contributed by atoms with van der Waals surface area (Å²) in [6.07, 6.45) is 0. The van der Waals surface area contributed by atoms with Crippen LogP contribution < -0.4 is 0 Å². The zero-order valence-electron chi connectivity index (χ0n) is 29.4. The molecule has 55 heavy (non-hydrogen) atoms. The third-order valence-electron chi connectivity index (χ3n) is 10.3. The van der Waals surface area contributed by atoms with Crippen LogP contribution in [0.5, 0.6) is 0 Å². The summed E-state index contributed by atoms with van der Waals surface area (Å²) >= 11 is 0. The molecule has 4 heterocycles. The second kappa shape index (κ2) is 12.5. The first-order valence-corrected chi connectivity index (χ1v) is 18.2. The van der Waals surface area contributed by atoms with E-state index in [1.54, 1.807) is 0 Å². The van der Waals surface area contributed by atoms with Gasteiger partial charge in [0.2, 0.25) is 17.7 Å². The minimum Gasteiger partial charge on any atom is -0.416 e. The highest BCUT2D eigenvalue weighted by molar-refractivity contribution is 6.13. The Morgan fingerprint density at radius 2 is 0.927 bits per heavy atom. The number of aromatic nitrogens is 6. The lowest BCUT2D eigenvalue weighted by Gasteiger charge is -2.12. The molecule has 0 fully saturated rings. The van der Waals surface area contributed by atoms with Gasteiger partial charge in [-0.25, -0.2) is 9.97 Å². The van der Waals surface area contributed by atoms with Gasteiger partial charge < -0.3 is 8.98 Å². The zero-order chi connectivity index (χ0) is 36.3. The summed E-state index contributed by atoms with van der Waals surface area (Å²) in [6.45, 7) is 0. The van der Waals surface area contributed by atoms with E-state index in [0.717, 1.165) is 82.9 Å². The van der Waals surface area contributed by atoms with Gasteiger partial charge in [0.05, 0.1) is 39.0 Å². The van der Waals surface area contributed by atoms with Crippen molar-refractivity contribution < 1.29 is 4.42 Å². The van der Waals surface area contributed by atoms with Gasteiger partial charge in [0, 0.05) is 43.9 Å². The molecule has 258 valence electrons. The highest BCUT2D eigenvalue weighted by Crippen LogP contribution is 2.39. The number of fused-ring (bicyclic) bond motifs is 6. The molecule has 4 aromatic heterocycles. The second-order valence-corrected chi connectivity index (χ2v) is 13.6. The number of hydrogen-bond acceptors (Lipinski definition) is 5. The molecule has 0 N–H and O–H groups in total. The van der Waals surface area contributed by atoms with E-state index in [4.69, 9.17) is 14.4 Å². The summed E-state index contributed by atoms with van der Waals surface area (Å²) in [6, 6.07) is 62.4. The van der Waals surface area contributed by atoms with E-state index in [0.29, 0.717) is 17.7 Å². The molecular formula is C48H30N6O. The van der Waals surface area contributed by atoms with Crippen molar-refractivity contribution >= 4 is 43.6 Å². The minimum absolute atomic E-state index is 0.428. The van der Waals surface area contributed by atoms with E-state index in [-0.39, 0.29) is 0 Å². The summed E-state index contributed by atoms with van der Waals surface area (Å²) in [5.41, 5.74) is 10.5. The highest BCUT2D eigenvalue weighted by Gasteiger charge is 2.22. The maximum atomic E-state index is 6.60. The second-order valence-electron chi connectivity index (χ2n) is 13.6. The summed E-state index contributed by atoms with van der Waals surface area (Å²) < 4.78 is 11.0. The van der Waals surface area contributed by atoms with Crippen LogP contribution >= 0.6 is 0 Å². The first-order chi connectivity index (χ1) is 27.3. The Balaban J connectivity index is 1.10. The van der Waals surface area contributed by atoms with Crippen LogP contribution in [0.3, 0.4) is 0 Å². The van der Waals surface area contributed by atoms with Crippen LogP contribution in [-0.2, 0) is 0 Å². The first-order valence-electron chi connectivity index (χ1n) is 18.2. The van der Waals surface area contributed by atoms with Crippen LogP contribution in [0.1, 0.15) is 0 Å². The van der Waals surface area contributed by atoms with Crippen LogP contribution in [0.4, 0.5) is 0 Å². The van der Waals surface area contributed by atoms with E-state index < -0.39 is 0 Å². The van der Waals surface area contributed by atoms with Gasteiger partial charge >= 0.3 is 0 Å². The van der Waals surface area contributed by atoms with E-state index in [2.05, 4.69) is 159 Å². The molecule has 0 aliphatic rings. The number of para-hydroxylation sites is 4. The average molecular weight is 707 g/mol. The van der Waals surface area contributed by atoms with Crippen LogP contribution in [0, 0.1) is 0 Å². The third kappa shape index (κ3) is 5.05. The van der Waals surface area contributed by atoms with Crippen molar-refractivity contribution in [2.24, 2.45) is 0 Å². The highest BCUT2D eigenvalue weighted by atomic mass is 16.4. The molecule has 7 aromatic carbocycles. The summed E-state index contributed by atoms with van der Waals surface area (Å²) in [5, 5.41) is 13.7. The Labute approximate surface area is 315 Å². The van der Waals surface area contributed by atoms with E-state index in [1.807, 2.05) is 42.5 Å². The van der Waals surface area contributed by atoms with Crippen LogP contribution in [0.2, 0.25) is 0 Å². The first kappa shape index (κ1) is 30.9. The molecular weight excluding hydrogens is 677 g/mol. The van der Waals surface area contributed by atoms with Crippen molar-refractivity contribution in [3.63, 3.8) is 0 Å². The standard InChI is InChI=1S/C48H30N6O/c1-4-15-31(16-5-1)40-30-41(32-17-6-2-7-18-32)50-48(49-40)54-43-26-13-10-21-35(43)37-28-27-33(29-44(37)54)46-51-52-47(55-46)39-24-14-23-38-36-22-11-12-25-42(36)53(45(38)39)34-19-8-3-9-20-34/h1-30H. The van der Waals surface area contributed by atoms with Crippen LogP contribution in [0.15, 0.2) is 186 Å². The lowest BCUT2D eigenvalue weighted by Crippen LogP contribution is -2.04. The fourth-order valence-corrected chi connectivity index (χ4v) is 7.85. The van der Waals surface area contributed by atoms with Gasteiger partial charge in [-0.1, -0.05) is 133 Å². The minimum atomic E-state index is 0.428. The van der Waals surface area contributed by atoms with Gasteiger partial charge in [0.15, 0.2) is 0 Å². The van der Waals surface area contributed by atoms with Crippen molar-refractivity contribution in [1.29, 1.82) is 0 Å². The molecule has 7 nitrogen and oxygen atoms in total. The topological polar surface area (TPSA) is 74.6 Å². The Kier molecular flexibility index (Phi) is 7.03. The fraction of sp³-hybridized carbons (Fsp3) is 0. The molecule has 0 spiro atoms. The number of rotatable bonds is 6. The van der Waals surface area contributed by atoms with Gasteiger partial charge in [0.1, 0.15) is 0 Å². The molecule has 0 atom stereocenters. The van der Waals surface area contributed by atoms with Crippen molar-refractivity contribution in [1.82, 2.24) is 29.3 Å². The Morgan fingerprint density at radius 3 is 1.62 bits per heavy atom. The number of hydrogen-bond donors (Lipinski definition) is 0. The Morgan fingerprint density at radius 1 is 0.382 bits per heavy atom. The normalized spacial score (nSPS) is 11.6. The van der Waals surface area contributed by atoms with Crippen LogP contribution in [-0.4, -0.2) is 29.3 Å². The Bertz CT molecular complexity index is 3140. The third-order valence-corrected chi connectivity index (χ3v) is 10.3. The van der Waals surface area contributed by atoms with Gasteiger partial charge in [-0.15, -0.1) is 10.2 Å². The molecule has 7 heteroatoms. The molecule has 11 rings (SSSR count). The Hall–Kier alpha value is -7.64. The van der Waals surface area contributed by atoms with Gasteiger partial charge in [-0.3, -0.25) is 4.57 Å². The molecule has 0 aliphatic carbocycles. The maximum Gasteiger partial charge on any atom is 0.250 e. The average Bonchev–Trinajstić information content (AvgIpc) is 3.98. The van der Waals surface area contributed by atoms with Crippen molar-refractivity contribution in [2.45, 2.75) is 0 Å². The fourth-order valence-electron chi connectivity index (χ4n) is 7.85. The molecule has 0 amide bonds. The van der Waals surface area contributed by atoms with Crippen molar-refractivity contribution in [3.8, 4) is 57.1 Å². The molecule has 11 aromatic rings. The lowest BCUT2D eigenvalue weighted by atomic mass is 10.1. The van der Waals surface area contributed by atoms with Gasteiger partial charge in [-0.2, -0.15) is 0 Å². The smallest absolute Gasteiger partial charge is 0.250 e. The molecule has 0 bridgehead atoms. The van der Waals surface area contributed by atoms with E-state index >= 15 is 0 Å². The lowest BCUT2D eigenvalue weighted by molar-refractivity contribution is 0.585. The van der Waals surface area contributed by atoms with Gasteiger partial charge in [0.25, 0.3) is 0 Å². The summed E-state index contributed by atoms with van der Waals surface area (Å²) in [5.74, 6) is 1.46. The van der Waals surface area contributed by atoms with Gasteiger partial charge in [-0.05, 0) is 48.5 Å².